The van der Waals surface area contributed by atoms with Crippen molar-refractivity contribution in [2.24, 2.45) is 0 Å². The first kappa shape index (κ1) is 13.8. The molecule has 1 unspecified atom stereocenters. The number of nitrogens with zero attached hydrogens (tertiary/aromatic N) is 2. The van der Waals surface area contributed by atoms with E-state index < -0.39 is 0 Å². The molecule has 1 heterocycles. The normalized spacial score (nSPS) is 22.4. The molecule has 0 spiro atoms. The lowest BCUT2D eigenvalue weighted by Crippen LogP contribution is -2.49. The molecule has 0 aromatic heterocycles. The molecule has 94 valence electrons. The fourth-order valence-electron chi connectivity index (χ4n) is 2.28. The van der Waals surface area contributed by atoms with Crippen LogP contribution in [-0.2, 0) is 4.79 Å². The summed E-state index contributed by atoms with van der Waals surface area (Å²) in [5.74, 6) is 0.143. The van der Waals surface area contributed by atoms with E-state index in [4.69, 9.17) is 11.6 Å². The number of rotatable bonds is 4. The Kier molecular flexibility index (Phi) is 5.56. The van der Waals surface area contributed by atoms with Crippen molar-refractivity contribution in [3.8, 4) is 0 Å². The quantitative estimate of drug-likeness (QED) is 0.708. The second kappa shape index (κ2) is 6.45. The summed E-state index contributed by atoms with van der Waals surface area (Å²) in [5, 5.41) is 0. The topological polar surface area (TPSA) is 23.6 Å². The van der Waals surface area contributed by atoms with Crippen LogP contribution in [0.3, 0.4) is 0 Å². The molecule has 1 amide bonds. The van der Waals surface area contributed by atoms with E-state index in [2.05, 4.69) is 11.9 Å². The number of halogens is 1. The summed E-state index contributed by atoms with van der Waals surface area (Å²) in [7, 11) is 2.15. The van der Waals surface area contributed by atoms with E-state index in [0.717, 1.165) is 13.1 Å². The zero-order valence-corrected chi connectivity index (χ0v) is 11.3. The van der Waals surface area contributed by atoms with Gasteiger partial charge in [-0.1, -0.05) is 6.42 Å². The Morgan fingerprint density at radius 2 is 2.19 bits per heavy atom. The molecule has 0 aromatic rings. The van der Waals surface area contributed by atoms with Crippen LogP contribution in [-0.4, -0.2) is 53.8 Å². The van der Waals surface area contributed by atoms with Gasteiger partial charge in [-0.25, -0.2) is 0 Å². The summed E-state index contributed by atoms with van der Waals surface area (Å²) in [6, 6.07) is 0.741. The zero-order valence-electron chi connectivity index (χ0n) is 10.6. The Labute approximate surface area is 104 Å². The van der Waals surface area contributed by atoms with Gasteiger partial charge in [0.05, 0.1) is 0 Å². The third-order valence-corrected chi connectivity index (χ3v) is 3.62. The minimum atomic E-state index is 0.0515. The molecule has 16 heavy (non-hydrogen) atoms. The van der Waals surface area contributed by atoms with E-state index in [1.54, 1.807) is 0 Å². The average molecular weight is 247 g/mol. The fourth-order valence-corrected chi connectivity index (χ4v) is 2.43. The van der Waals surface area contributed by atoms with Crippen LogP contribution in [0.1, 0.15) is 33.1 Å². The summed E-state index contributed by atoms with van der Waals surface area (Å²) in [5.41, 5.74) is 0. The molecule has 4 heteroatoms. The van der Waals surface area contributed by atoms with Crippen molar-refractivity contribution in [3.63, 3.8) is 0 Å². The van der Waals surface area contributed by atoms with Gasteiger partial charge in [0.2, 0.25) is 5.91 Å². The van der Waals surface area contributed by atoms with Crippen molar-refractivity contribution in [2.45, 2.75) is 45.2 Å². The van der Waals surface area contributed by atoms with E-state index >= 15 is 0 Å². The van der Waals surface area contributed by atoms with Gasteiger partial charge in [0, 0.05) is 18.6 Å². The maximum atomic E-state index is 11.7. The molecule has 1 fully saturated rings. The predicted molar refractivity (Wildman–Crippen MR) is 67.8 cm³/mol. The molecule has 0 bridgehead atoms. The molecule has 0 aromatic carbocycles. The van der Waals surface area contributed by atoms with Gasteiger partial charge in [0.1, 0.15) is 5.88 Å². The Balaban J connectivity index is 2.56. The molecule has 0 aliphatic carbocycles. The summed E-state index contributed by atoms with van der Waals surface area (Å²) in [4.78, 5) is 16.0. The van der Waals surface area contributed by atoms with Gasteiger partial charge in [0.25, 0.3) is 0 Å². The summed E-state index contributed by atoms with van der Waals surface area (Å²) < 4.78 is 0. The van der Waals surface area contributed by atoms with Gasteiger partial charge < -0.3 is 9.80 Å². The van der Waals surface area contributed by atoms with Crippen LogP contribution >= 0.6 is 11.6 Å². The molecule has 1 saturated heterocycles. The first-order valence-corrected chi connectivity index (χ1v) is 6.65. The van der Waals surface area contributed by atoms with Crippen LogP contribution < -0.4 is 0 Å². The highest BCUT2D eigenvalue weighted by atomic mass is 35.5. The summed E-state index contributed by atoms with van der Waals surface area (Å²) in [6.07, 6.45) is 3.74. The third-order valence-electron chi connectivity index (χ3n) is 3.39. The van der Waals surface area contributed by atoms with Crippen LogP contribution in [0.15, 0.2) is 0 Å². The standard InChI is InChI=1S/C12H23ClN2O/c1-10(2)15(12(16)8-13)9-11-6-4-5-7-14(11)3/h10-11H,4-9H2,1-3H3. The minimum absolute atomic E-state index is 0.0515. The lowest BCUT2D eigenvalue weighted by Gasteiger charge is -2.37. The number of likely N-dealkylation sites (tertiary alicyclic amines) is 1. The number of likely N-dealkylation sites (N-methyl/N-ethyl adjacent to an activating group) is 1. The zero-order chi connectivity index (χ0) is 12.1. The molecule has 3 nitrogen and oxygen atoms in total. The molecular weight excluding hydrogens is 224 g/mol. The fraction of sp³-hybridized carbons (Fsp3) is 0.917. The summed E-state index contributed by atoms with van der Waals surface area (Å²) in [6.45, 7) is 6.06. The number of amides is 1. The third kappa shape index (κ3) is 3.63. The van der Waals surface area contributed by atoms with Crippen molar-refractivity contribution in [1.29, 1.82) is 0 Å². The van der Waals surface area contributed by atoms with Crippen molar-refractivity contribution in [3.05, 3.63) is 0 Å². The van der Waals surface area contributed by atoms with E-state index in [1.807, 2.05) is 18.7 Å². The van der Waals surface area contributed by atoms with Gasteiger partial charge in [-0.05, 0) is 40.3 Å². The second-order valence-electron chi connectivity index (χ2n) is 4.90. The van der Waals surface area contributed by atoms with Crippen LogP contribution in [0, 0.1) is 0 Å². The van der Waals surface area contributed by atoms with Crippen molar-refractivity contribution in [1.82, 2.24) is 9.80 Å². The predicted octanol–water partition coefficient (Wildman–Crippen LogP) is 1.95. The largest absolute Gasteiger partial charge is 0.338 e. The number of hydrogen-bond acceptors (Lipinski definition) is 2. The van der Waals surface area contributed by atoms with Crippen molar-refractivity contribution < 1.29 is 4.79 Å². The Morgan fingerprint density at radius 3 is 2.69 bits per heavy atom. The highest BCUT2D eigenvalue weighted by Gasteiger charge is 2.25. The number of hydrogen-bond donors (Lipinski definition) is 0. The van der Waals surface area contributed by atoms with Gasteiger partial charge in [-0.2, -0.15) is 0 Å². The monoisotopic (exact) mass is 246 g/mol. The average Bonchev–Trinajstić information content (AvgIpc) is 2.26. The molecule has 0 saturated carbocycles. The van der Waals surface area contributed by atoms with Gasteiger partial charge in [0.15, 0.2) is 0 Å². The number of carbonyl (C=O) groups excluding carboxylic acids is 1. The van der Waals surface area contributed by atoms with E-state index in [9.17, 15) is 4.79 Å². The Morgan fingerprint density at radius 1 is 1.50 bits per heavy atom. The second-order valence-corrected chi connectivity index (χ2v) is 5.17. The van der Waals surface area contributed by atoms with Crippen LogP contribution in [0.25, 0.3) is 0 Å². The van der Waals surface area contributed by atoms with E-state index in [1.165, 1.54) is 19.3 Å². The molecule has 0 radical (unpaired) electrons. The van der Waals surface area contributed by atoms with E-state index in [0.29, 0.717) is 6.04 Å². The van der Waals surface area contributed by atoms with Crippen LogP contribution in [0.4, 0.5) is 0 Å². The Hall–Kier alpha value is -0.280. The minimum Gasteiger partial charge on any atom is -0.338 e. The maximum absolute atomic E-state index is 11.7. The molecule has 1 aliphatic heterocycles. The first-order chi connectivity index (χ1) is 7.56. The molecular formula is C12H23ClN2O. The highest BCUT2D eigenvalue weighted by Crippen LogP contribution is 2.17. The van der Waals surface area contributed by atoms with Crippen LogP contribution in [0.5, 0.6) is 0 Å². The molecule has 0 N–H and O–H groups in total. The lowest BCUT2D eigenvalue weighted by molar-refractivity contribution is -0.131. The molecule has 1 aliphatic rings. The summed E-state index contributed by atoms with van der Waals surface area (Å²) >= 11 is 5.64. The van der Waals surface area contributed by atoms with Gasteiger partial charge >= 0.3 is 0 Å². The van der Waals surface area contributed by atoms with Gasteiger partial charge in [-0.3, -0.25) is 4.79 Å². The van der Waals surface area contributed by atoms with E-state index in [-0.39, 0.29) is 17.8 Å². The smallest absolute Gasteiger partial charge is 0.237 e. The van der Waals surface area contributed by atoms with Crippen molar-refractivity contribution >= 4 is 17.5 Å². The maximum Gasteiger partial charge on any atom is 0.237 e. The molecule has 1 atom stereocenters. The number of alkyl halides is 1. The van der Waals surface area contributed by atoms with Gasteiger partial charge in [-0.15, -0.1) is 11.6 Å². The lowest BCUT2D eigenvalue weighted by atomic mass is 10.0. The number of carbonyl (C=O) groups is 1. The van der Waals surface area contributed by atoms with Crippen molar-refractivity contribution in [2.75, 3.05) is 26.0 Å². The van der Waals surface area contributed by atoms with Crippen LogP contribution in [0.2, 0.25) is 0 Å². The number of piperidine rings is 1. The Bertz CT molecular complexity index is 233. The first-order valence-electron chi connectivity index (χ1n) is 6.12. The highest BCUT2D eigenvalue weighted by molar-refractivity contribution is 6.27. The molecule has 1 rings (SSSR count). The SMILES string of the molecule is CC(C)N(CC1CCCCN1C)C(=O)CCl.